The number of benzene rings is 1. The van der Waals surface area contributed by atoms with Crippen molar-refractivity contribution in [2.24, 2.45) is 11.3 Å². The van der Waals surface area contributed by atoms with E-state index in [0.29, 0.717) is 17.0 Å². The number of halogens is 1. The maximum atomic E-state index is 13.4. The Morgan fingerprint density at radius 1 is 1.55 bits per heavy atom. The predicted molar refractivity (Wildman–Crippen MR) is 76.4 cm³/mol. The maximum absolute atomic E-state index is 13.4. The highest BCUT2D eigenvalue weighted by molar-refractivity contribution is 5.29. The zero-order valence-electron chi connectivity index (χ0n) is 12.2. The van der Waals surface area contributed by atoms with Crippen LogP contribution in [0.1, 0.15) is 56.3 Å². The van der Waals surface area contributed by atoms with E-state index >= 15 is 0 Å². The van der Waals surface area contributed by atoms with Crippen LogP contribution in [0.15, 0.2) is 18.2 Å². The van der Waals surface area contributed by atoms with E-state index in [1.165, 1.54) is 6.07 Å². The van der Waals surface area contributed by atoms with Crippen LogP contribution in [0.25, 0.3) is 0 Å². The lowest BCUT2D eigenvalue weighted by molar-refractivity contribution is 0.0184. The van der Waals surface area contributed by atoms with Crippen LogP contribution >= 0.6 is 0 Å². The van der Waals surface area contributed by atoms with E-state index in [-0.39, 0.29) is 5.82 Å². The van der Waals surface area contributed by atoms with Gasteiger partial charge in [0.05, 0.1) is 17.6 Å². The first-order valence-electron chi connectivity index (χ1n) is 7.38. The molecule has 0 aromatic heterocycles. The van der Waals surface area contributed by atoms with Gasteiger partial charge in [-0.15, -0.1) is 0 Å². The highest BCUT2D eigenvalue weighted by Gasteiger charge is 2.43. The van der Waals surface area contributed by atoms with Crippen LogP contribution in [0.2, 0.25) is 0 Å². The summed E-state index contributed by atoms with van der Waals surface area (Å²) in [4.78, 5) is 0. The van der Waals surface area contributed by atoms with Gasteiger partial charge in [-0.05, 0) is 42.9 Å². The molecule has 0 amide bonds. The topological polar surface area (TPSA) is 44.0 Å². The van der Waals surface area contributed by atoms with Gasteiger partial charge in [-0.3, -0.25) is 0 Å². The van der Waals surface area contributed by atoms with Crippen LogP contribution in [0.4, 0.5) is 4.39 Å². The highest BCUT2D eigenvalue weighted by Crippen LogP contribution is 2.48. The third-order valence-electron chi connectivity index (χ3n) is 4.71. The number of nitrogens with zero attached hydrogens (tertiary/aromatic N) is 1. The lowest BCUT2D eigenvalue weighted by atomic mass is 9.65. The molecule has 3 unspecified atom stereocenters. The zero-order valence-corrected chi connectivity index (χ0v) is 12.2. The van der Waals surface area contributed by atoms with Crippen LogP contribution < -0.4 is 0 Å². The van der Waals surface area contributed by atoms with E-state index in [9.17, 15) is 14.8 Å². The van der Waals surface area contributed by atoms with Gasteiger partial charge in [-0.1, -0.05) is 38.3 Å². The Morgan fingerprint density at radius 2 is 2.30 bits per heavy atom. The van der Waals surface area contributed by atoms with Gasteiger partial charge in [0.25, 0.3) is 0 Å². The minimum atomic E-state index is -0.832. The summed E-state index contributed by atoms with van der Waals surface area (Å²) in [6.07, 6.45) is 3.77. The van der Waals surface area contributed by atoms with Gasteiger partial charge in [0.15, 0.2) is 0 Å². The molecule has 0 spiro atoms. The average molecular weight is 275 g/mol. The first-order chi connectivity index (χ1) is 9.52. The van der Waals surface area contributed by atoms with Crippen LogP contribution in [0.5, 0.6) is 0 Å². The van der Waals surface area contributed by atoms with Crippen molar-refractivity contribution in [1.29, 1.82) is 5.26 Å². The van der Waals surface area contributed by atoms with E-state index in [1.54, 1.807) is 19.1 Å². The number of aliphatic hydroxyl groups is 1. The molecule has 1 fully saturated rings. The van der Waals surface area contributed by atoms with Crippen LogP contribution in [0.3, 0.4) is 0 Å². The normalized spacial score (nSPS) is 27.9. The summed E-state index contributed by atoms with van der Waals surface area (Å²) >= 11 is 0. The van der Waals surface area contributed by atoms with E-state index in [0.717, 1.165) is 32.1 Å². The van der Waals surface area contributed by atoms with Crippen molar-refractivity contribution in [1.82, 2.24) is 0 Å². The molecule has 1 N–H and O–H groups in total. The fourth-order valence-electron chi connectivity index (χ4n) is 3.34. The fourth-order valence-corrected chi connectivity index (χ4v) is 3.34. The molecular formula is C17H22FNO. The number of aryl methyl sites for hydroxylation is 1. The lowest BCUT2D eigenvalue weighted by Crippen LogP contribution is -2.33. The molecule has 1 aromatic rings. The summed E-state index contributed by atoms with van der Waals surface area (Å²) < 4.78 is 13.4. The molecule has 108 valence electrons. The van der Waals surface area contributed by atoms with Crippen molar-refractivity contribution in [3.8, 4) is 6.07 Å². The number of rotatable bonds is 3. The molecule has 0 bridgehead atoms. The second-order valence-electron chi connectivity index (χ2n) is 6.05. The van der Waals surface area contributed by atoms with E-state index < -0.39 is 11.5 Å². The molecular weight excluding hydrogens is 253 g/mol. The van der Waals surface area contributed by atoms with E-state index in [2.05, 4.69) is 13.0 Å². The molecule has 2 rings (SSSR count). The Kier molecular flexibility index (Phi) is 4.45. The van der Waals surface area contributed by atoms with Gasteiger partial charge >= 0.3 is 0 Å². The number of hydrogen-bond acceptors (Lipinski definition) is 2. The molecule has 1 aliphatic rings. The Labute approximate surface area is 120 Å². The predicted octanol–water partition coefficient (Wildman–Crippen LogP) is 4.28. The Balaban J connectivity index is 2.30. The molecule has 3 atom stereocenters. The molecule has 3 heteroatoms. The average Bonchev–Trinajstić information content (AvgIpc) is 2.49. The third-order valence-corrected chi connectivity index (χ3v) is 4.71. The minimum absolute atomic E-state index is 0.276. The number of aliphatic hydroxyl groups excluding tert-OH is 1. The van der Waals surface area contributed by atoms with E-state index in [4.69, 9.17) is 0 Å². The summed E-state index contributed by atoms with van der Waals surface area (Å²) in [6.45, 7) is 3.81. The molecule has 2 nitrogen and oxygen atoms in total. The summed E-state index contributed by atoms with van der Waals surface area (Å²) in [5.74, 6) is 0.224. The quantitative estimate of drug-likeness (QED) is 0.894. The van der Waals surface area contributed by atoms with Gasteiger partial charge in [-0.2, -0.15) is 5.26 Å². The maximum Gasteiger partial charge on any atom is 0.126 e. The standard InChI is InChI=1S/C17H22FNO/c1-3-13-5-4-8-17(10-13,11-19)16(20)14-6-7-15(18)12(2)9-14/h6-7,9,13,16,20H,3-5,8,10H2,1-2H3. The molecule has 0 radical (unpaired) electrons. The highest BCUT2D eigenvalue weighted by atomic mass is 19.1. The monoisotopic (exact) mass is 275 g/mol. The summed E-state index contributed by atoms with van der Waals surface area (Å²) in [7, 11) is 0. The van der Waals surface area contributed by atoms with Crippen LogP contribution in [0, 0.1) is 35.4 Å². The Morgan fingerprint density at radius 3 is 2.90 bits per heavy atom. The summed E-state index contributed by atoms with van der Waals surface area (Å²) in [5.41, 5.74) is 0.447. The lowest BCUT2D eigenvalue weighted by Gasteiger charge is -2.39. The van der Waals surface area contributed by atoms with Crippen molar-refractivity contribution < 1.29 is 9.50 Å². The summed E-state index contributed by atoms with van der Waals surface area (Å²) in [5, 5.41) is 20.3. The molecule has 0 saturated heterocycles. The largest absolute Gasteiger partial charge is 0.387 e. The smallest absolute Gasteiger partial charge is 0.126 e. The number of hydrogen-bond donors (Lipinski definition) is 1. The second kappa shape index (κ2) is 5.93. The first kappa shape index (κ1) is 15.0. The number of nitriles is 1. The van der Waals surface area contributed by atoms with Gasteiger partial charge in [-0.25, -0.2) is 4.39 Å². The van der Waals surface area contributed by atoms with Crippen molar-refractivity contribution in [2.45, 2.75) is 52.1 Å². The molecule has 20 heavy (non-hydrogen) atoms. The second-order valence-corrected chi connectivity index (χ2v) is 6.05. The molecule has 1 aliphatic carbocycles. The summed E-state index contributed by atoms with van der Waals surface area (Å²) in [6, 6.07) is 7.00. The third kappa shape index (κ3) is 2.71. The SMILES string of the molecule is CCC1CCCC(C#N)(C(O)c2ccc(F)c(C)c2)C1. The first-order valence-corrected chi connectivity index (χ1v) is 7.38. The molecule has 0 aliphatic heterocycles. The Hall–Kier alpha value is -1.40. The van der Waals surface area contributed by atoms with Gasteiger partial charge in [0.1, 0.15) is 5.82 Å². The van der Waals surface area contributed by atoms with Crippen LogP contribution in [-0.4, -0.2) is 5.11 Å². The van der Waals surface area contributed by atoms with Gasteiger partial charge in [0, 0.05) is 0 Å². The Bertz CT molecular complexity index is 522. The fraction of sp³-hybridized carbons (Fsp3) is 0.588. The van der Waals surface area contributed by atoms with E-state index in [1.807, 2.05) is 0 Å². The van der Waals surface area contributed by atoms with Gasteiger partial charge < -0.3 is 5.11 Å². The van der Waals surface area contributed by atoms with Crippen molar-refractivity contribution in [3.63, 3.8) is 0 Å². The van der Waals surface area contributed by atoms with Crippen LogP contribution in [-0.2, 0) is 0 Å². The van der Waals surface area contributed by atoms with Crippen molar-refractivity contribution in [3.05, 3.63) is 35.1 Å². The van der Waals surface area contributed by atoms with Gasteiger partial charge in [0.2, 0.25) is 0 Å². The molecule has 0 heterocycles. The molecule has 1 saturated carbocycles. The molecule has 1 aromatic carbocycles. The minimum Gasteiger partial charge on any atom is -0.387 e. The van der Waals surface area contributed by atoms with Crippen molar-refractivity contribution in [2.75, 3.05) is 0 Å². The zero-order chi connectivity index (χ0) is 14.8. The van der Waals surface area contributed by atoms with Crippen molar-refractivity contribution >= 4 is 0 Å².